The fourth-order valence-corrected chi connectivity index (χ4v) is 1.25. The van der Waals surface area contributed by atoms with Gasteiger partial charge in [0, 0.05) is 6.54 Å². The van der Waals surface area contributed by atoms with Crippen molar-refractivity contribution in [3.05, 3.63) is 28.6 Å². The average molecular weight is 213 g/mol. The van der Waals surface area contributed by atoms with Crippen molar-refractivity contribution in [1.82, 2.24) is 4.98 Å². The van der Waals surface area contributed by atoms with Crippen LogP contribution < -0.4 is 5.73 Å². The van der Waals surface area contributed by atoms with Crippen molar-refractivity contribution in [2.45, 2.75) is 19.6 Å². The van der Waals surface area contributed by atoms with Gasteiger partial charge in [0.25, 0.3) is 6.43 Å². The number of nitrogens with zero attached hydrogens (tertiary/aromatic N) is 2. The SMILES string of the molecule is N#Cc1nc(CO)cc(CN)c1C(F)F. The molecule has 1 heterocycles. The lowest BCUT2D eigenvalue weighted by atomic mass is 10.1. The number of rotatable bonds is 3. The van der Waals surface area contributed by atoms with E-state index in [1.165, 1.54) is 6.07 Å². The Labute approximate surface area is 85.0 Å². The van der Waals surface area contributed by atoms with E-state index in [9.17, 15) is 8.78 Å². The monoisotopic (exact) mass is 213 g/mol. The number of nitrogens with two attached hydrogens (primary N) is 1. The van der Waals surface area contributed by atoms with Crippen LogP contribution in [0.3, 0.4) is 0 Å². The molecule has 0 amide bonds. The van der Waals surface area contributed by atoms with E-state index in [0.717, 1.165) is 0 Å². The number of nitriles is 1. The number of aliphatic hydroxyl groups excluding tert-OH is 1. The molecule has 4 nitrogen and oxygen atoms in total. The summed E-state index contributed by atoms with van der Waals surface area (Å²) < 4.78 is 25.2. The van der Waals surface area contributed by atoms with Gasteiger partial charge in [0.15, 0.2) is 0 Å². The second-order valence-electron chi connectivity index (χ2n) is 2.81. The molecule has 80 valence electrons. The first kappa shape index (κ1) is 11.5. The fraction of sp³-hybridized carbons (Fsp3) is 0.333. The minimum Gasteiger partial charge on any atom is -0.390 e. The van der Waals surface area contributed by atoms with Gasteiger partial charge in [0.05, 0.1) is 17.9 Å². The van der Waals surface area contributed by atoms with Crippen LogP contribution >= 0.6 is 0 Å². The zero-order valence-electron chi connectivity index (χ0n) is 7.74. The lowest BCUT2D eigenvalue weighted by molar-refractivity contribution is 0.149. The van der Waals surface area contributed by atoms with E-state index in [2.05, 4.69) is 4.98 Å². The van der Waals surface area contributed by atoms with Crippen molar-refractivity contribution in [1.29, 1.82) is 5.26 Å². The number of hydrogen-bond acceptors (Lipinski definition) is 4. The van der Waals surface area contributed by atoms with Crippen molar-refractivity contribution in [2.24, 2.45) is 5.73 Å². The quantitative estimate of drug-likeness (QED) is 0.779. The zero-order chi connectivity index (χ0) is 11.4. The van der Waals surface area contributed by atoms with E-state index in [-0.39, 0.29) is 23.5 Å². The summed E-state index contributed by atoms with van der Waals surface area (Å²) in [6.45, 7) is -0.533. The molecule has 0 aliphatic carbocycles. The molecule has 0 fully saturated rings. The lowest BCUT2D eigenvalue weighted by Crippen LogP contribution is -2.08. The summed E-state index contributed by atoms with van der Waals surface area (Å²) in [5.41, 5.74) is 4.76. The van der Waals surface area contributed by atoms with Gasteiger partial charge in [-0.3, -0.25) is 0 Å². The van der Waals surface area contributed by atoms with E-state index in [1.54, 1.807) is 6.07 Å². The molecule has 0 saturated heterocycles. The number of aromatic nitrogens is 1. The molecule has 1 aromatic heterocycles. The molecule has 15 heavy (non-hydrogen) atoms. The van der Waals surface area contributed by atoms with Crippen LogP contribution in [0.2, 0.25) is 0 Å². The highest BCUT2D eigenvalue weighted by molar-refractivity contribution is 5.40. The van der Waals surface area contributed by atoms with Gasteiger partial charge in [-0.2, -0.15) is 5.26 Å². The summed E-state index contributed by atoms with van der Waals surface area (Å²) >= 11 is 0. The van der Waals surface area contributed by atoms with Crippen LogP contribution in [-0.2, 0) is 13.2 Å². The maximum atomic E-state index is 12.6. The zero-order valence-corrected chi connectivity index (χ0v) is 7.74. The second kappa shape index (κ2) is 4.77. The fourth-order valence-electron chi connectivity index (χ4n) is 1.25. The molecule has 0 spiro atoms. The van der Waals surface area contributed by atoms with Crippen LogP contribution in [-0.4, -0.2) is 10.1 Å². The van der Waals surface area contributed by atoms with Crippen LogP contribution in [0.15, 0.2) is 6.07 Å². The molecular formula is C9H9F2N3O. The van der Waals surface area contributed by atoms with Crippen LogP contribution in [0.25, 0.3) is 0 Å². The highest BCUT2D eigenvalue weighted by Gasteiger charge is 2.19. The van der Waals surface area contributed by atoms with E-state index in [4.69, 9.17) is 16.1 Å². The van der Waals surface area contributed by atoms with Gasteiger partial charge in [-0.1, -0.05) is 0 Å². The highest BCUT2D eigenvalue weighted by Crippen LogP contribution is 2.26. The van der Waals surface area contributed by atoms with Gasteiger partial charge in [0.2, 0.25) is 0 Å². The molecule has 0 atom stereocenters. The lowest BCUT2D eigenvalue weighted by Gasteiger charge is -2.09. The molecule has 3 N–H and O–H groups in total. The summed E-state index contributed by atoms with van der Waals surface area (Å²) in [5, 5.41) is 17.4. The number of pyridine rings is 1. The van der Waals surface area contributed by atoms with Gasteiger partial charge in [0.1, 0.15) is 11.8 Å². The second-order valence-corrected chi connectivity index (χ2v) is 2.81. The van der Waals surface area contributed by atoms with Crippen LogP contribution in [0.4, 0.5) is 8.78 Å². The summed E-state index contributed by atoms with van der Waals surface area (Å²) in [7, 11) is 0. The normalized spacial score (nSPS) is 10.4. The Morgan fingerprint density at radius 1 is 1.60 bits per heavy atom. The first-order valence-corrected chi connectivity index (χ1v) is 4.15. The molecule has 0 bridgehead atoms. The number of hydrogen-bond donors (Lipinski definition) is 2. The van der Waals surface area contributed by atoms with E-state index >= 15 is 0 Å². The molecule has 6 heteroatoms. The summed E-state index contributed by atoms with van der Waals surface area (Å²) in [6, 6.07) is 2.85. The van der Waals surface area contributed by atoms with Crippen molar-refractivity contribution in [3.63, 3.8) is 0 Å². The molecular weight excluding hydrogens is 204 g/mol. The van der Waals surface area contributed by atoms with Crippen molar-refractivity contribution in [2.75, 3.05) is 0 Å². The van der Waals surface area contributed by atoms with Crippen molar-refractivity contribution >= 4 is 0 Å². The largest absolute Gasteiger partial charge is 0.390 e. The molecule has 0 aromatic carbocycles. The molecule has 0 radical (unpaired) electrons. The molecule has 1 rings (SSSR count). The van der Waals surface area contributed by atoms with Crippen LogP contribution in [0, 0.1) is 11.3 Å². The third kappa shape index (κ3) is 2.26. The molecule has 0 aliphatic heterocycles. The van der Waals surface area contributed by atoms with Gasteiger partial charge >= 0.3 is 0 Å². The maximum absolute atomic E-state index is 12.6. The molecule has 0 unspecified atom stereocenters. The smallest absolute Gasteiger partial charge is 0.266 e. The van der Waals surface area contributed by atoms with Gasteiger partial charge in [-0.25, -0.2) is 13.8 Å². The molecule has 0 aliphatic rings. The number of alkyl halides is 2. The first-order chi connectivity index (χ1) is 7.13. The Morgan fingerprint density at radius 3 is 2.67 bits per heavy atom. The Morgan fingerprint density at radius 2 is 2.27 bits per heavy atom. The topological polar surface area (TPSA) is 82.9 Å². The van der Waals surface area contributed by atoms with Crippen molar-refractivity contribution in [3.8, 4) is 6.07 Å². The summed E-state index contributed by atoms with van der Waals surface area (Å²) in [5.74, 6) is 0. The first-order valence-electron chi connectivity index (χ1n) is 4.15. The predicted octanol–water partition coefficient (Wildman–Crippen LogP) is 0.842. The van der Waals surface area contributed by atoms with E-state index < -0.39 is 18.6 Å². The standard InChI is InChI=1S/C9H9F2N3O/c10-9(11)8-5(2-12)1-6(4-15)14-7(8)3-13/h1,9,15H,2,4,12H2. The van der Waals surface area contributed by atoms with Gasteiger partial charge in [-0.05, 0) is 11.6 Å². The summed E-state index contributed by atoms with van der Waals surface area (Å²) in [6.07, 6.45) is -2.79. The minimum atomic E-state index is -2.79. The van der Waals surface area contributed by atoms with Crippen LogP contribution in [0.1, 0.15) is 28.9 Å². The van der Waals surface area contributed by atoms with E-state index in [1.807, 2.05) is 0 Å². The van der Waals surface area contributed by atoms with Gasteiger partial charge in [-0.15, -0.1) is 0 Å². The molecule has 1 aromatic rings. The number of aliphatic hydroxyl groups is 1. The third-order valence-corrected chi connectivity index (χ3v) is 1.90. The predicted molar refractivity (Wildman–Crippen MR) is 47.7 cm³/mol. The summed E-state index contributed by atoms with van der Waals surface area (Å²) in [4.78, 5) is 3.59. The highest BCUT2D eigenvalue weighted by atomic mass is 19.3. The van der Waals surface area contributed by atoms with Gasteiger partial charge < -0.3 is 10.8 Å². The Balaban J connectivity index is 3.41. The Bertz CT molecular complexity index is 401. The number of halogens is 2. The minimum absolute atomic E-state index is 0.121. The van der Waals surface area contributed by atoms with E-state index in [0.29, 0.717) is 0 Å². The third-order valence-electron chi connectivity index (χ3n) is 1.90. The van der Waals surface area contributed by atoms with Crippen molar-refractivity contribution < 1.29 is 13.9 Å². The Kier molecular flexibility index (Phi) is 3.66. The maximum Gasteiger partial charge on any atom is 0.266 e. The molecule has 0 saturated carbocycles. The Hall–Kier alpha value is -1.58. The average Bonchev–Trinajstić information content (AvgIpc) is 2.26. The van der Waals surface area contributed by atoms with Crippen LogP contribution in [0.5, 0.6) is 0 Å².